The largest absolute Gasteiger partial charge is 0.480 e. The first-order chi connectivity index (χ1) is 8.72. The number of hydrogen-bond acceptors (Lipinski definition) is 1. The lowest BCUT2D eigenvalue weighted by Gasteiger charge is -2.11. The van der Waals surface area contributed by atoms with Gasteiger partial charge in [0.05, 0.1) is 0 Å². The molecule has 0 saturated heterocycles. The highest BCUT2D eigenvalue weighted by molar-refractivity contribution is 5.91. The van der Waals surface area contributed by atoms with Crippen molar-refractivity contribution in [2.24, 2.45) is 0 Å². The zero-order chi connectivity index (χ0) is 13.0. The van der Waals surface area contributed by atoms with Gasteiger partial charge in [-0.3, -0.25) is 0 Å². The zero-order valence-electron chi connectivity index (χ0n) is 10.7. The monoisotopic (exact) mass is 236 g/mol. The third kappa shape index (κ3) is 2.55. The van der Waals surface area contributed by atoms with Crippen molar-refractivity contribution in [3.05, 3.63) is 47.5 Å². The number of terminal acetylenes is 1. The molecule has 0 spiro atoms. The zero-order valence-corrected chi connectivity index (χ0v) is 10.7. The van der Waals surface area contributed by atoms with E-state index >= 15 is 0 Å². The average molecular weight is 236 g/mol. The summed E-state index contributed by atoms with van der Waals surface area (Å²) in [7, 11) is 0. The van der Waals surface area contributed by atoms with E-state index in [2.05, 4.69) is 50.1 Å². The molecule has 0 atom stereocenters. The molecule has 0 amide bonds. The Bertz CT molecular complexity index is 626. The molecule has 0 aromatic heterocycles. The fourth-order valence-corrected chi connectivity index (χ4v) is 1.96. The van der Waals surface area contributed by atoms with Gasteiger partial charge in [0.15, 0.2) is 0 Å². The molecule has 2 aromatic carbocycles. The van der Waals surface area contributed by atoms with E-state index in [1.54, 1.807) is 0 Å². The van der Waals surface area contributed by atoms with Crippen molar-refractivity contribution < 1.29 is 4.74 Å². The van der Waals surface area contributed by atoms with Gasteiger partial charge in [-0.2, -0.15) is 0 Å². The van der Waals surface area contributed by atoms with Gasteiger partial charge >= 0.3 is 0 Å². The van der Waals surface area contributed by atoms with Crippen molar-refractivity contribution in [2.75, 3.05) is 6.61 Å². The standard InChI is InChI=1S/C17H16O/c1-4-11-18-17-15(12-13(2)3)10-9-14-7-5-6-8-16(14)17/h1,5-10,12H,11H2,2-3H3. The van der Waals surface area contributed by atoms with Crippen LogP contribution in [-0.2, 0) is 0 Å². The summed E-state index contributed by atoms with van der Waals surface area (Å²) >= 11 is 0. The molecule has 1 heteroatoms. The molecular weight excluding hydrogens is 220 g/mol. The Morgan fingerprint density at radius 2 is 2.00 bits per heavy atom. The smallest absolute Gasteiger partial charge is 0.148 e. The molecular formula is C17H16O. The lowest BCUT2D eigenvalue weighted by atomic mass is 10.0. The highest BCUT2D eigenvalue weighted by atomic mass is 16.5. The molecule has 2 aromatic rings. The van der Waals surface area contributed by atoms with E-state index in [9.17, 15) is 0 Å². The van der Waals surface area contributed by atoms with Crippen molar-refractivity contribution >= 4 is 16.8 Å². The highest BCUT2D eigenvalue weighted by Gasteiger charge is 2.06. The van der Waals surface area contributed by atoms with Gasteiger partial charge in [0.2, 0.25) is 0 Å². The van der Waals surface area contributed by atoms with E-state index in [-0.39, 0.29) is 6.61 Å². The maximum atomic E-state index is 5.72. The van der Waals surface area contributed by atoms with Gasteiger partial charge in [-0.15, -0.1) is 6.42 Å². The molecule has 90 valence electrons. The number of ether oxygens (including phenoxy) is 1. The lowest BCUT2D eigenvalue weighted by molar-refractivity contribution is 0.374. The highest BCUT2D eigenvalue weighted by Crippen LogP contribution is 2.31. The third-order valence-electron chi connectivity index (χ3n) is 2.65. The number of fused-ring (bicyclic) bond motifs is 1. The molecule has 2 rings (SSSR count). The maximum absolute atomic E-state index is 5.72. The van der Waals surface area contributed by atoms with Gasteiger partial charge < -0.3 is 4.74 Å². The van der Waals surface area contributed by atoms with Crippen molar-refractivity contribution in [2.45, 2.75) is 13.8 Å². The summed E-state index contributed by atoms with van der Waals surface area (Å²) in [5, 5.41) is 2.26. The summed E-state index contributed by atoms with van der Waals surface area (Å²) in [5.74, 6) is 3.39. The molecule has 0 aliphatic carbocycles. The van der Waals surface area contributed by atoms with Crippen LogP contribution in [0.25, 0.3) is 16.8 Å². The van der Waals surface area contributed by atoms with Crippen molar-refractivity contribution in [3.63, 3.8) is 0 Å². The summed E-state index contributed by atoms with van der Waals surface area (Å²) < 4.78 is 5.72. The summed E-state index contributed by atoms with van der Waals surface area (Å²) in [5.41, 5.74) is 2.31. The van der Waals surface area contributed by atoms with Crippen LogP contribution in [0.2, 0.25) is 0 Å². The second-order valence-corrected chi connectivity index (χ2v) is 4.42. The Balaban J connectivity index is 2.63. The average Bonchev–Trinajstić information content (AvgIpc) is 2.37. The van der Waals surface area contributed by atoms with Gasteiger partial charge in [0.1, 0.15) is 12.4 Å². The SMILES string of the molecule is C#CCOc1c(C=C(C)C)ccc2ccccc12. The molecule has 0 radical (unpaired) electrons. The van der Waals surface area contributed by atoms with Crippen LogP contribution >= 0.6 is 0 Å². The van der Waals surface area contributed by atoms with Crippen LogP contribution in [0.4, 0.5) is 0 Å². The van der Waals surface area contributed by atoms with E-state index < -0.39 is 0 Å². The molecule has 0 fully saturated rings. The molecule has 0 heterocycles. The quantitative estimate of drug-likeness (QED) is 0.723. The second kappa shape index (κ2) is 5.42. The minimum atomic E-state index is 0.289. The van der Waals surface area contributed by atoms with Gasteiger partial charge in [-0.25, -0.2) is 0 Å². The van der Waals surface area contributed by atoms with Gasteiger partial charge in [0, 0.05) is 10.9 Å². The van der Waals surface area contributed by atoms with Crippen LogP contribution in [0.3, 0.4) is 0 Å². The minimum absolute atomic E-state index is 0.289. The van der Waals surface area contributed by atoms with Crippen LogP contribution in [-0.4, -0.2) is 6.61 Å². The molecule has 1 nitrogen and oxygen atoms in total. The van der Waals surface area contributed by atoms with Crippen molar-refractivity contribution in [1.82, 2.24) is 0 Å². The van der Waals surface area contributed by atoms with E-state index in [1.807, 2.05) is 12.1 Å². The van der Waals surface area contributed by atoms with Crippen LogP contribution in [0, 0.1) is 12.3 Å². The fourth-order valence-electron chi connectivity index (χ4n) is 1.96. The lowest BCUT2D eigenvalue weighted by Crippen LogP contribution is -1.96. The topological polar surface area (TPSA) is 9.23 Å². The first-order valence-corrected chi connectivity index (χ1v) is 5.95. The van der Waals surface area contributed by atoms with Crippen LogP contribution in [0.5, 0.6) is 5.75 Å². The Labute approximate surface area is 108 Å². The first-order valence-electron chi connectivity index (χ1n) is 5.95. The second-order valence-electron chi connectivity index (χ2n) is 4.42. The number of benzene rings is 2. The normalized spacial score (nSPS) is 9.83. The first kappa shape index (κ1) is 12.3. The maximum Gasteiger partial charge on any atom is 0.148 e. The molecule has 0 saturated carbocycles. The number of allylic oxidation sites excluding steroid dienone is 1. The predicted molar refractivity (Wildman–Crippen MR) is 77.6 cm³/mol. The van der Waals surface area contributed by atoms with Gasteiger partial charge in [-0.05, 0) is 19.2 Å². The van der Waals surface area contributed by atoms with Gasteiger partial charge in [-0.1, -0.05) is 54.0 Å². The van der Waals surface area contributed by atoms with Crippen LogP contribution < -0.4 is 4.74 Å². The van der Waals surface area contributed by atoms with E-state index in [1.165, 1.54) is 5.57 Å². The Hall–Kier alpha value is -2.20. The Kier molecular flexibility index (Phi) is 3.69. The molecule has 0 unspecified atom stereocenters. The van der Waals surface area contributed by atoms with Crippen molar-refractivity contribution in [1.29, 1.82) is 0 Å². The van der Waals surface area contributed by atoms with E-state index in [0.29, 0.717) is 0 Å². The van der Waals surface area contributed by atoms with Crippen LogP contribution in [0.1, 0.15) is 19.4 Å². The number of rotatable bonds is 3. The van der Waals surface area contributed by atoms with Gasteiger partial charge in [0.25, 0.3) is 0 Å². The van der Waals surface area contributed by atoms with Crippen molar-refractivity contribution in [3.8, 4) is 18.1 Å². The summed E-state index contributed by atoms with van der Waals surface area (Å²) in [6.07, 6.45) is 7.39. The molecule has 0 bridgehead atoms. The molecule has 0 aliphatic heterocycles. The molecule has 0 aliphatic rings. The van der Waals surface area contributed by atoms with E-state index in [0.717, 1.165) is 22.1 Å². The fraction of sp³-hybridized carbons (Fsp3) is 0.176. The Morgan fingerprint density at radius 3 is 2.72 bits per heavy atom. The summed E-state index contributed by atoms with van der Waals surface area (Å²) in [6.45, 7) is 4.43. The van der Waals surface area contributed by atoms with Crippen LogP contribution in [0.15, 0.2) is 42.0 Å². The third-order valence-corrected chi connectivity index (χ3v) is 2.65. The number of hydrogen-bond donors (Lipinski definition) is 0. The predicted octanol–water partition coefficient (Wildman–Crippen LogP) is 4.28. The van der Waals surface area contributed by atoms with E-state index in [4.69, 9.17) is 11.2 Å². The summed E-state index contributed by atoms with van der Waals surface area (Å²) in [6, 6.07) is 12.3. The molecule has 0 N–H and O–H groups in total. The Morgan fingerprint density at radius 1 is 1.22 bits per heavy atom. The summed E-state index contributed by atoms with van der Waals surface area (Å²) in [4.78, 5) is 0. The molecule has 18 heavy (non-hydrogen) atoms. The minimum Gasteiger partial charge on any atom is -0.480 e.